The number of ether oxygens (including phenoxy) is 2. The molecule has 1 heterocycles. The Morgan fingerprint density at radius 2 is 1.89 bits per heavy atom. The summed E-state index contributed by atoms with van der Waals surface area (Å²) in [6.45, 7) is 2.08. The first-order valence-electron chi connectivity index (χ1n) is 8.60. The molecule has 8 heteroatoms. The first kappa shape index (κ1) is 19.3. The van der Waals surface area contributed by atoms with Crippen LogP contribution in [0.5, 0.6) is 5.75 Å². The van der Waals surface area contributed by atoms with Gasteiger partial charge in [-0.2, -0.15) is 0 Å². The molecule has 2 aromatic rings. The normalized spacial score (nSPS) is 14.8. The highest BCUT2D eigenvalue weighted by Crippen LogP contribution is 2.19. The molecule has 0 unspecified atom stereocenters. The fourth-order valence-corrected chi connectivity index (χ4v) is 3.90. The van der Waals surface area contributed by atoms with Gasteiger partial charge in [0, 0.05) is 30.8 Å². The number of rotatable bonds is 6. The van der Waals surface area contributed by atoms with Crippen molar-refractivity contribution in [3.63, 3.8) is 0 Å². The SMILES string of the molecule is COc1ccccc1CNS(=O)(=O)c1cccc(C(=O)N2CCOCC2)c1. The average Bonchev–Trinajstić information content (AvgIpc) is 2.72. The summed E-state index contributed by atoms with van der Waals surface area (Å²) in [6, 6.07) is 13.3. The minimum Gasteiger partial charge on any atom is -0.496 e. The van der Waals surface area contributed by atoms with Crippen LogP contribution in [0, 0.1) is 0 Å². The summed E-state index contributed by atoms with van der Waals surface area (Å²) in [7, 11) is -2.24. The van der Waals surface area contributed by atoms with Crippen molar-refractivity contribution in [1.82, 2.24) is 9.62 Å². The van der Waals surface area contributed by atoms with E-state index in [1.807, 2.05) is 12.1 Å². The zero-order valence-electron chi connectivity index (χ0n) is 15.1. The van der Waals surface area contributed by atoms with Crippen LogP contribution < -0.4 is 9.46 Å². The second kappa shape index (κ2) is 8.51. The molecule has 3 rings (SSSR count). The second-order valence-electron chi connectivity index (χ2n) is 6.07. The maximum atomic E-state index is 12.7. The molecule has 27 heavy (non-hydrogen) atoms. The van der Waals surface area contributed by atoms with Crippen molar-refractivity contribution in [2.24, 2.45) is 0 Å². The summed E-state index contributed by atoms with van der Waals surface area (Å²) in [5, 5.41) is 0. The van der Waals surface area contributed by atoms with Crippen LogP contribution in [0.3, 0.4) is 0 Å². The number of nitrogens with one attached hydrogen (secondary N) is 1. The molecule has 0 radical (unpaired) electrons. The van der Waals surface area contributed by atoms with E-state index in [1.54, 1.807) is 29.2 Å². The minimum atomic E-state index is -3.77. The van der Waals surface area contributed by atoms with Crippen LogP contribution in [0.2, 0.25) is 0 Å². The van der Waals surface area contributed by atoms with Gasteiger partial charge in [-0.3, -0.25) is 4.79 Å². The van der Waals surface area contributed by atoms with Gasteiger partial charge in [0.1, 0.15) is 5.75 Å². The van der Waals surface area contributed by atoms with Crippen LogP contribution in [0.25, 0.3) is 0 Å². The fraction of sp³-hybridized carbons (Fsp3) is 0.316. The summed E-state index contributed by atoms with van der Waals surface area (Å²) >= 11 is 0. The van der Waals surface area contributed by atoms with E-state index < -0.39 is 10.0 Å². The van der Waals surface area contributed by atoms with Crippen molar-refractivity contribution in [3.8, 4) is 5.75 Å². The van der Waals surface area contributed by atoms with Gasteiger partial charge in [0.15, 0.2) is 0 Å². The van der Waals surface area contributed by atoms with Crippen molar-refractivity contribution in [2.75, 3.05) is 33.4 Å². The van der Waals surface area contributed by atoms with Crippen molar-refractivity contribution < 1.29 is 22.7 Å². The molecule has 0 aliphatic carbocycles. The molecule has 2 aromatic carbocycles. The first-order valence-corrected chi connectivity index (χ1v) is 10.1. The molecule has 0 saturated carbocycles. The van der Waals surface area contributed by atoms with Gasteiger partial charge < -0.3 is 14.4 Å². The Kier molecular flexibility index (Phi) is 6.10. The van der Waals surface area contributed by atoms with Crippen LogP contribution in [0.1, 0.15) is 15.9 Å². The number of para-hydroxylation sites is 1. The molecule has 0 bridgehead atoms. The molecule has 1 fully saturated rings. The van der Waals surface area contributed by atoms with E-state index in [0.717, 1.165) is 5.56 Å². The predicted molar refractivity (Wildman–Crippen MR) is 100 cm³/mol. The fourth-order valence-electron chi connectivity index (χ4n) is 2.85. The van der Waals surface area contributed by atoms with E-state index in [4.69, 9.17) is 9.47 Å². The van der Waals surface area contributed by atoms with E-state index in [9.17, 15) is 13.2 Å². The lowest BCUT2D eigenvalue weighted by molar-refractivity contribution is 0.0302. The standard InChI is InChI=1S/C19H22N2O5S/c1-25-18-8-3-2-5-16(18)14-20-27(23,24)17-7-4-6-15(13-17)19(22)21-9-11-26-12-10-21/h2-8,13,20H,9-12,14H2,1H3. The molecular weight excluding hydrogens is 368 g/mol. The van der Waals surface area contributed by atoms with E-state index in [1.165, 1.54) is 19.2 Å². The van der Waals surface area contributed by atoms with Gasteiger partial charge >= 0.3 is 0 Å². The number of hydrogen-bond donors (Lipinski definition) is 1. The van der Waals surface area contributed by atoms with Gasteiger partial charge in [-0.25, -0.2) is 13.1 Å². The number of nitrogens with zero attached hydrogens (tertiary/aromatic N) is 1. The Morgan fingerprint density at radius 3 is 2.63 bits per heavy atom. The Labute approximate surface area is 158 Å². The molecule has 1 amide bonds. The lowest BCUT2D eigenvalue weighted by Gasteiger charge is -2.27. The van der Waals surface area contributed by atoms with Crippen molar-refractivity contribution in [2.45, 2.75) is 11.4 Å². The number of amides is 1. The number of morpholine rings is 1. The summed E-state index contributed by atoms with van der Waals surface area (Å²) in [5.41, 5.74) is 1.07. The zero-order chi connectivity index (χ0) is 19.3. The maximum absolute atomic E-state index is 12.7. The van der Waals surface area contributed by atoms with Crippen molar-refractivity contribution >= 4 is 15.9 Å². The van der Waals surface area contributed by atoms with E-state index in [-0.39, 0.29) is 17.3 Å². The Hall–Kier alpha value is -2.42. The zero-order valence-corrected chi connectivity index (χ0v) is 15.9. The van der Waals surface area contributed by atoms with Gasteiger partial charge in [-0.1, -0.05) is 24.3 Å². The second-order valence-corrected chi connectivity index (χ2v) is 7.84. The van der Waals surface area contributed by atoms with Gasteiger partial charge in [0.25, 0.3) is 5.91 Å². The van der Waals surface area contributed by atoms with Crippen LogP contribution in [0.4, 0.5) is 0 Å². The van der Waals surface area contributed by atoms with Crippen LogP contribution in [0.15, 0.2) is 53.4 Å². The highest BCUT2D eigenvalue weighted by molar-refractivity contribution is 7.89. The largest absolute Gasteiger partial charge is 0.496 e. The lowest BCUT2D eigenvalue weighted by Crippen LogP contribution is -2.40. The van der Waals surface area contributed by atoms with E-state index in [2.05, 4.69) is 4.72 Å². The number of hydrogen-bond acceptors (Lipinski definition) is 5. The third-order valence-electron chi connectivity index (χ3n) is 4.33. The molecule has 0 aromatic heterocycles. The van der Waals surface area contributed by atoms with Crippen LogP contribution >= 0.6 is 0 Å². The Bertz CT molecular complexity index is 908. The molecule has 1 saturated heterocycles. The lowest BCUT2D eigenvalue weighted by atomic mass is 10.2. The summed E-state index contributed by atoms with van der Waals surface area (Å²) < 4.78 is 38.4. The molecule has 1 aliphatic heterocycles. The summed E-state index contributed by atoms with van der Waals surface area (Å²) in [4.78, 5) is 14.3. The van der Waals surface area contributed by atoms with Gasteiger partial charge in [-0.15, -0.1) is 0 Å². The molecule has 144 valence electrons. The molecular formula is C19H22N2O5S. The molecule has 0 spiro atoms. The van der Waals surface area contributed by atoms with Crippen LogP contribution in [-0.2, 0) is 21.3 Å². The first-order chi connectivity index (χ1) is 13.0. The number of benzene rings is 2. The number of carbonyl (C=O) groups is 1. The summed E-state index contributed by atoms with van der Waals surface area (Å²) in [5.74, 6) is 0.413. The third-order valence-corrected chi connectivity index (χ3v) is 5.73. The number of sulfonamides is 1. The molecule has 1 aliphatic rings. The highest BCUT2D eigenvalue weighted by Gasteiger charge is 2.21. The van der Waals surface area contributed by atoms with Gasteiger partial charge in [0.05, 0.1) is 25.2 Å². The number of carbonyl (C=O) groups excluding carboxylic acids is 1. The van der Waals surface area contributed by atoms with E-state index in [0.29, 0.717) is 37.6 Å². The van der Waals surface area contributed by atoms with E-state index >= 15 is 0 Å². The Balaban J connectivity index is 1.75. The summed E-state index contributed by atoms with van der Waals surface area (Å²) in [6.07, 6.45) is 0. The van der Waals surface area contributed by atoms with Crippen molar-refractivity contribution in [3.05, 3.63) is 59.7 Å². The predicted octanol–water partition coefficient (Wildman–Crippen LogP) is 1.65. The smallest absolute Gasteiger partial charge is 0.254 e. The van der Waals surface area contributed by atoms with Gasteiger partial charge in [-0.05, 0) is 24.3 Å². The third kappa shape index (κ3) is 4.65. The maximum Gasteiger partial charge on any atom is 0.254 e. The Morgan fingerprint density at radius 1 is 1.15 bits per heavy atom. The topological polar surface area (TPSA) is 84.9 Å². The average molecular weight is 390 g/mol. The minimum absolute atomic E-state index is 0.0523. The highest BCUT2D eigenvalue weighted by atomic mass is 32.2. The molecule has 0 atom stereocenters. The molecule has 7 nitrogen and oxygen atoms in total. The quantitative estimate of drug-likeness (QED) is 0.811. The van der Waals surface area contributed by atoms with Crippen molar-refractivity contribution in [1.29, 1.82) is 0 Å². The molecule has 1 N–H and O–H groups in total. The van der Waals surface area contributed by atoms with Crippen LogP contribution in [-0.4, -0.2) is 52.6 Å². The number of methoxy groups -OCH3 is 1. The van der Waals surface area contributed by atoms with Gasteiger partial charge in [0.2, 0.25) is 10.0 Å². The monoisotopic (exact) mass is 390 g/mol.